The summed E-state index contributed by atoms with van der Waals surface area (Å²) in [6.45, 7) is 0.298. The maximum Gasteiger partial charge on any atom is 0.328 e. The molecule has 0 saturated carbocycles. The summed E-state index contributed by atoms with van der Waals surface area (Å²) in [4.78, 5) is 23.7. The number of carbonyl (C=O) groups excluding carboxylic acids is 2. The van der Waals surface area contributed by atoms with Crippen molar-refractivity contribution < 1.29 is 23.1 Å². The Morgan fingerprint density at radius 2 is 1.86 bits per heavy atom. The van der Waals surface area contributed by atoms with Crippen LogP contribution in [0.5, 0.6) is 0 Å². The van der Waals surface area contributed by atoms with Gasteiger partial charge in [0.25, 0.3) is 5.91 Å². The minimum Gasteiger partial charge on any atom is -0.464 e. The molecule has 2 heterocycles. The number of carbonyl (C=O) groups is 2. The maximum absolute atomic E-state index is 13.4. The molecule has 1 amide bonds. The van der Waals surface area contributed by atoms with E-state index in [-0.39, 0.29) is 11.5 Å². The number of benzene rings is 2. The normalized spacial score (nSPS) is 16.1. The number of aromatic nitrogens is 3. The zero-order chi connectivity index (χ0) is 19.7. The summed E-state index contributed by atoms with van der Waals surface area (Å²) < 4.78 is 33.0. The molecule has 1 N–H and O–H groups in total. The van der Waals surface area contributed by atoms with E-state index in [1.807, 2.05) is 0 Å². The smallest absolute Gasteiger partial charge is 0.328 e. The van der Waals surface area contributed by atoms with Gasteiger partial charge in [0.15, 0.2) is 0 Å². The Bertz CT molecular complexity index is 1030. The number of rotatable bonds is 4. The van der Waals surface area contributed by atoms with Crippen molar-refractivity contribution in [2.24, 2.45) is 0 Å². The summed E-state index contributed by atoms with van der Waals surface area (Å²) in [5, 5.41) is 10.5. The van der Waals surface area contributed by atoms with Gasteiger partial charge >= 0.3 is 5.97 Å². The highest BCUT2D eigenvalue weighted by atomic mass is 19.1. The summed E-state index contributed by atoms with van der Waals surface area (Å²) in [6, 6.07) is 8.93. The standard InChI is InChI=1S/C19H14F2N4O3/c20-13-7-12(8-14(21)9-13)17-10-25(24-23-17)15-3-1-11(2-4-15)18(26)22-16-5-6-28-19(16)27/h1-4,7-10,16H,5-6H2,(H,22,26)/t16-/m0/s1. The van der Waals surface area contributed by atoms with Gasteiger partial charge in [0.2, 0.25) is 0 Å². The molecular formula is C19H14F2N4O3. The zero-order valence-corrected chi connectivity index (χ0v) is 14.4. The minimum absolute atomic E-state index is 0.267. The number of hydrogen-bond acceptors (Lipinski definition) is 5. The minimum atomic E-state index is -0.703. The average molecular weight is 384 g/mol. The van der Waals surface area contributed by atoms with E-state index in [2.05, 4.69) is 15.6 Å². The predicted molar refractivity (Wildman–Crippen MR) is 93.5 cm³/mol. The molecule has 3 aromatic rings. The van der Waals surface area contributed by atoms with Gasteiger partial charge < -0.3 is 10.1 Å². The van der Waals surface area contributed by atoms with Crippen LogP contribution >= 0.6 is 0 Å². The Morgan fingerprint density at radius 1 is 1.14 bits per heavy atom. The number of hydrogen-bond donors (Lipinski definition) is 1. The van der Waals surface area contributed by atoms with E-state index in [1.54, 1.807) is 24.3 Å². The van der Waals surface area contributed by atoms with E-state index in [1.165, 1.54) is 23.0 Å². The molecule has 0 radical (unpaired) electrons. The summed E-state index contributed by atoms with van der Waals surface area (Å²) in [6.07, 6.45) is 1.98. The molecule has 1 aromatic heterocycles. The van der Waals surface area contributed by atoms with Crippen LogP contribution in [-0.2, 0) is 9.53 Å². The highest BCUT2D eigenvalue weighted by molar-refractivity contribution is 5.97. The molecule has 0 spiro atoms. The molecule has 1 saturated heterocycles. The Kier molecular flexibility index (Phi) is 4.56. The lowest BCUT2D eigenvalue weighted by molar-refractivity contribution is -0.139. The van der Waals surface area contributed by atoms with Crippen LogP contribution < -0.4 is 5.32 Å². The largest absolute Gasteiger partial charge is 0.464 e. The Balaban J connectivity index is 1.50. The zero-order valence-electron chi connectivity index (χ0n) is 14.4. The monoisotopic (exact) mass is 384 g/mol. The summed E-state index contributed by atoms with van der Waals surface area (Å²) >= 11 is 0. The van der Waals surface area contributed by atoms with Crippen molar-refractivity contribution in [3.63, 3.8) is 0 Å². The molecule has 142 valence electrons. The molecule has 0 unspecified atom stereocenters. The molecule has 1 aliphatic heterocycles. The number of nitrogens with zero attached hydrogens (tertiary/aromatic N) is 3. The van der Waals surface area contributed by atoms with Crippen molar-refractivity contribution >= 4 is 11.9 Å². The van der Waals surface area contributed by atoms with Crippen molar-refractivity contribution in [1.82, 2.24) is 20.3 Å². The first kappa shape index (κ1) is 17.8. The van der Waals surface area contributed by atoms with Crippen LogP contribution in [0.15, 0.2) is 48.7 Å². The van der Waals surface area contributed by atoms with E-state index in [0.29, 0.717) is 30.0 Å². The van der Waals surface area contributed by atoms with E-state index in [0.717, 1.165) is 6.07 Å². The van der Waals surface area contributed by atoms with Crippen molar-refractivity contribution in [1.29, 1.82) is 0 Å². The Hall–Kier alpha value is -3.62. The van der Waals surface area contributed by atoms with E-state index >= 15 is 0 Å². The second kappa shape index (κ2) is 7.18. The first-order valence-electron chi connectivity index (χ1n) is 8.46. The van der Waals surface area contributed by atoms with Crippen molar-refractivity contribution in [3.05, 3.63) is 65.9 Å². The molecule has 28 heavy (non-hydrogen) atoms. The van der Waals surface area contributed by atoms with Crippen molar-refractivity contribution in [2.45, 2.75) is 12.5 Å². The molecule has 1 atom stereocenters. The van der Waals surface area contributed by atoms with Gasteiger partial charge in [0.05, 0.1) is 18.5 Å². The third kappa shape index (κ3) is 3.59. The van der Waals surface area contributed by atoms with Gasteiger partial charge in [0.1, 0.15) is 23.4 Å². The van der Waals surface area contributed by atoms with Gasteiger partial charge in [-0.05, 0) is 36.4 Å². The third-order valence-corrected chi connectivity index (χ3v) is 4.29. The molecule has 1 aliphatic rings. The SMILES string of the molecule is O=C(N[C@H]1CCOC1=O)c1ccc(-n2cc(-c3cc(F)cc(F)c3)nn2)cc1. The van der Waals surface area contributed by atoms with Gasteiger partial charge in [-0.2, -0.15) is 0 Å². The Morgan fingerprint density at radius 3 is 2.50 bits per heavy atom. The molecule has 1 fully saturated rings. The molecule has 7 nitrogen and oxygen atoms in total. The maximum atomic E-state index is 13.4. The fourth-order valence-corrected chi connectivity index (χ4v) is 2.86. The van der Waals surface area contributed by atoms with Gasteiger partial charge in [-0.15, -0.1) is 5.10 Å². The van der Waals surface area contributed by atoms with Gasteiger partial charge in [-0.1, -0.05) is 5.21 Å². The number of amides is 1. The number of ether oxygens (including phenoxy) is 1. The quantitative estimate of drug-likeness (QED) is 0.698. The summed E-state index contributed by atoms with van der Waals surface area (Å²) in [5.41, 5.74) is 1.55. The second-order valence-corrected chi connectivity index (χ2v) is 6.24. The predicted octanol–water partition coefficient (Wildman–Crippen LogP) is 2.26. The molecule has 0 bridgehead atoms. The first-order chi connectivity index (χ1) is 13.5. The average Bonchev–Trinajstić information content (AvgIpc) is 3.31. The number of nitrogens with one attached hydrogen (secondary N) is 1. The van der Waals surface area contributed by atoms with Crippen LogP contribution in [0.25, 0.3) is 16.9 Å². The number of halogens is 2. The van der Waals surface area contributed by atoms with Crippen molar-refractivity contribution in [2.75, 3.05) is 6.61 Å². The second-order valence-electron chi connectivity index (χ2n) is 6.24. The fraction of sp³-hybridized carbons (Fsp3) is 0.158. The molecule has 0 aliphatic carbocycles. The topological polar surface area (TPSA) is 86.1 Å². The van der Waals surface area contributed by atoms with Crippen LogP contribution in [0.2, 0.25) is 0 Å². The van der Waals surface area contributed by atoms with Gasteiger partial charge in [-0.25, -0.2) is 18.3 Å². The van der Waals surface area contributed by atoms with Gasteiger partial charge in [-0.3, -0.25) is 4.79 Å². The third-order valence-electron chi connectivity index (χ3n) is 4.29. The Labute approximate surface area is 157 Å². The number of cyclic esters (lactones) is 1. The van der Waals surface area contributed by atoms with E-state index < -0.39 is 23.6 Å². The van der Waals surface area contributed by atoms with Crippen LogP contribution in [0, 0.1) is 11.6 Å². The first-order valence-corrected chi connectivity index (χ1v) is 8.46. The van der Waals surface area contributed by atoms with E-state index in [4.69, 9.17) is 4.74 Å². The molecule has 9 heteroatoms. The van der Waals surface area contributed by atoms with Crippen LogP contribution in [0.4, 0.5) is 8.78 Å². The highest BCUT2D eigenvalue weighted by Gasteiger charge is 2.28. The molecule has 2 aromatic carbocycles. The highest BCUT2D eigenvalue weighted by Crippen LogP contribution is 2.20. The van der Waals surface area contributed by atoms with Crippen molar-refractivity contribution in [3.8, 4) is 16.9 Å². The number of esters is 1. The fourth-order valence-electron chi connectivity index (χ4n) is 2.86. The lowest BCUT2D eigenvalue weighted by Crippen LogP contribution is -2.37. The van der Waals surface area contributed by atoms with E-state index in [9.17, 15) is 18.4 Å². The summed E-state index contributed by atoms with van der Waals surface area (Å²) in [7, 11) is 0. The molecule has 4 rings (SSSR count). The van der Waals surface area contributed by atoms with Crippen LogP contribution in [-0.4, -0.2) is 39.5 Å². The van der Waals surface area contributed by atoms with Crippen LogP contribution in [0.1, 0.15) is 16.8 Å². The summed E-state index contributed by atoms with van der Waals surface area (Å²) in [5.74, 6) is -2.23. The lowest BCUT2D eigenvalue weighted by atomic mass is 10.1. The molecular weight excluding hydrogens is 370 g/mol. The van der Waals surface area contributed by atoms with Gasteiger partial charge in [0, 0.05) is 23.6 Å². The van der Waals surface area contributed by atoms with Crippen LogP contribution in [0.3, 0.4) is 0 Å². The lowest BCUT2D eigenvalue weighted by Gasteiger charge is -2.09.